The van der Waals surface area contributed by atoms with Gasteiger partial charge in [-0.2, -0.15) is 0 Å². The van der Waals surface area contributed by atoms with Crippen LogP contribution < -0.4 is 5.32 Å². The lowest BCUT2D eigenvalue weighted by Gasteiger charge is -2.27. The van der Waals surface area contributed by atoms with E-state index in [4.69, 9.17) is 0 Å². The number of carbonyl (C=O) groups excluding carboxylic acids is 1. The second kappa shape index (κ2) is 6.06. The van der Waals surface area contributed by atoms with Gasteiger partial charge in [-0.1, -0.05) is 12.8 Å². The zero-order valence-electron chi connectivity index (χ0n) is 11.2. The van der Waals surface area contributed by atoms with E-state index >= 15 is 0 Å². The van der Waals surface area contributed by atoms with Crippen molar-refractivity contribution in [3.8, 4) is 5.75 Å². The summed E-state index contributed by atoms with van der Waals surface area (Å²) >= 11 is 0. The van der Waals surface area contributed by atoms with Crippen molar-refractivity contribution in [2.75, 3.05) is 6.54 Å². The van der Waals surface area contributed by atoms with E-state index in [1.54, 1.807) is 12.1 Å². The molecule has 1 saturated carbocycles. The molecule has 0 saturated heterocycles. The highest BCUT2D eigenvalue weighted by molar-refractivity contribution is 5.94. The molecule has 0 heterocycles. The fourth-order valence-corrected chi connectivity index (χ4v) is 2.65. The number of aromatic hydroxyl groups is 1. The van der Waals surface area contributed by atoms with Crippen molar-refractivity contribution in [1.82, 2.24) is 5.32 Å². The van der Waals surface area contributed by atoms with Crippen LogP contribution in [0.2, 0.25) is 0 Å². The van der Waals surface area contributed by atoms with Gasteiger partial charge in [-0.05, 0) is 43.5 Å². The highest BCUT2D eigenvalue weighted by Gasteiger charge is 2.23. The maximum Gasteiger partial charge on any atom is 0.251 e. The monoisotopic (exact) mass is 263 g/mol. The largest absolute Gasteiger partial charge is 0.508 e. The third-order valence-electron chi connectivity index (χ3n) is 3.72. The Labute approximate surface area is 113 Å². The van der Waals surface area contributed by atoms with Crippen LogP contribution in [0.5, 0.6) is 5.75 Å². The van der Waals surface area contributed by atoms with E-state index in [0.29, 0.717) is 12.1 Å². The Balaban J connectivity index is 1.93. The molecule has 0 radical (unpaired) electrons. The number of aryl methyl sites for hydroxylation is 1. The van der Waals surface area contributed by atoms with E-state index in [0.717, 1.165) is 31.2 Å². The van der Waals surface area contributed by atoms with Crippen LogP contribution in [0.3, 0.4) is 0 Å². The molecule has 0 aromatic heterocycles. The van der Waals surface area contributed by atoms with Crippen LogP contribution in [0, 0.1) is 12.8 Å². The van der Waals surface area contributed by atoms with E-state index in [9.17, 15) is 15.0 Å². The Morgan fingerprint density at radius 3 is 2.74 bits per heavy atom. The lowest BCUT2D eigenvalue weighted by molar-refractivity contribution is 0.0663. The van der Waals surface area contributed by atoms with Gasteiger partial charge >= 0.3 is 0 Å². The van der Waals surface area contributed by atoms with Gasteiger partial charge in [0, 0.05) is 18.0 Å². The number of aliphatic hydroxyl groups is 1. The maximum absolute atomic E-state index is 12.0. The highest BCUT2D eigenvalue weighted by atomic mass is 16.3. The van der Waals surface area contributed by atoms with Crippen LogP contribution in [0.4, 0.5) is 0 Å². The topological polar surface area (TPSA) is 69.6 Å². The zero-order chi connectivity index (χ0) is 13.8. The van der Waals surface area contributed by atoms with Crippen LogP contribution in [0.1, 0.15) is 41.6 Å². The average Bonchev–Trinajstić information content (AvgIpc) is 2.36. The van der Waals surface area contributed by atoms with Crippen molar-refractivity contribution < 1.29 is 15.0 Å². The van der Waals surface area contributed by atoms with Gasteiger partial charge in [0.05, 0.1) is 6.10 Å². The van der Waals surface area contributed by atoms with Crippen LogP contribution in [0.25, 0.3) is 0 Å². The summed E-state index contributed by atoms with van der Waals surface area (Å²) in [6.07, 6.45) is 3.66. The Morgan fingerprint density at radius 1 is 1.32 bits per heavy atom. The number of hydrogen-bond donors (Lipinski definition) is 3. The second-order valence-corrected chi connectivity index (χ2v) is 5.38. The third-order valence-corrected chi connectivity index (χ3v) is 3.72. The molecule has 4 heteroatoms. The van der Waals surface area contributed by atoms with Gasteiger partial charge in [0.25, 0.3) is 5.91 Å². The molecular formula is C15H21NO3. The first-order chi connectivity index (χ1) is 9.06. The molecule has 104 valence electrons. The molecule has 3 N–H and O–H groups in total. The summed E-state index contributed by atoms with van der Waals surface area (Å²) in [5.41, 5.74) is 1.31. The minimum Gasteiger partial charge on any atom is -0.508 e. The average molecular weight is 263 g/mol. The number of hydrogen-bond acceptors (Lipinski definition) is 3. The maximum atomic E-state index is 12.0. The minimum atomic E-state index is -0.306. The molecule has 4 nitrogen and oxygen atoms in total. The highest BCUT2D eigenvalue weighted by Crippen LogP contribution is 2.23. The van der Waals surface area contributed by atoms with E-state index in [1.165, 1.54) is 6.07 Å². The van der Waals surface area contributed by atoms with Crippen molar-refractivity contribution >= 4 is 5.91 Å². The number of phenolic OH excluding ortho intramolecular Hbond substituents is 1. The van der Waals surface area contributed by atoms with Gasteiger partial charge < -0.3 is 15.5 Å². The molecule has 1 aromatic carbocycles. The minimum absolute atomic E-state index is 0.0999. The summed E-state index contributed by atoms with van der Waals surface area (Å²) in [5, 5.41) is 22.2. The Hall–Kier alpha value is -1.55. The molecular weight excluding hydrogens is 242 g/mol. The van der Waals surface area contributed by atoms with Gasteiger partial charge in [-0.3, -0.25) is 4.79 Å². The molecule has 0 spiro atoms. The van der Waals surface area contributed by atoms with Gasteiger partial charge in [0.1, 0.15) is 5.75 Å². The molecule has 2 unspecified atom stereocenters. The van der Waals surface area contributed by atoms with Crippen LogP contribution in [-0.2, 0) is 0 Å². The van der Waals surface area contributed by atoms with Crippen molar-refractivity contribution in [1.29, 1.82) is 0 Å². The SMILES string of the molecule is Cc1cc(O)cc(C(=O)NCC2CCCCC2O)c1. The van der Waals surface area contributed by atoms with Crippen LogP contribution in [-0.4, -0.2) is 28.8 Å². The Kier molecular flexibility index (Phi) is 4.43. The zero-order valence-corrected chi connectivity index (χ0v) is 11.2. The predicted octanol–water partition coefficient (Wildman–Crippen LogP) is 1.98. The summed E-state index contributed by atoms with van der Waals surface area (Å²) in [5.74, 6) is 0.0516. The fraction of sp³-hybridized carbons (Fsp3) is 0.533. The number of amides is 1. The van der Waals surface area contributed by atoms with Gasteiger partial charge in [0.15, 0.2) is 0 Å². The summed E-state index contributed by atoms with van der Waals surface area (Å²) in [4.78, 5) is 12.0. The lowest BCUT2D eigenvalue weighted by Crippen LogP contribution is -2.36. The van der Waals surface area contributed by atoms with Crippen LogP contribution in [0.15, 0.2) is 18.2 Å². The van der Waals surface area contributed by atoms with E-state index in [2.05, 4.69) is 5.32 Å². The molecule has 2 rings (SSSR count). The normalized spacial score (nSPS) is 23.1. The molecule has 0 bridgehead atoms. The summed E-state index contributed by atoms with van der Waals surface area (Å²) in [7, 11) is 0. The molecule has 1 aromatic rings. The third kappa shape index (κ3) is 3.70. The first kappa shape index (κ1) is 13.9. The number of aliphatic hydroxyl groups excluding tert-OH is 1. The van der Waals surface area contributed by atoms with Crippen LogP contribution >= 0.6 is 0 Å². The number of nitrogens with one attached hydrogen (secondary N) is 1. The molecule has 1 amide bonds. The number of benzene rings is 1. The van der Waals surface area contributed by atoms with E-state index in [1.807, 2.05) is 6.92 Å². The van der Waals surface area contributed by atoms with E-state index in [-0.39, 0.29) is 23.7 Å². The standard InChI is InChI=1S/C15H21NO3/c1-10-6-12(8-13(17)7-10)15(19)16-9-11-4-2-3-5-14(11)18/h6-8,11,14,17-18H,2-5,9H2,1H3,(H,16,19). The smallest absolute Gasteiger partial charge is 0.251 e. The summed E-state index contributed by atoms with van der Waals surface area (Å²) in [6.45, 7) is 2.33. The van der Waals surface area contributed by atoms with Gasteiger partial charge in [-0.25, -0.2) is 0 Å². The van der Waals surface area contributed by atoms with Crippen molar-refractivity contribution in [2.24, 2.45) is 5.92 Å². The molecule has 1 aliphatic carbocycles. The number of rotatable bonds is 3. The van der Waals surface area contributed by atoms with Gasteiger partial charge in [-0.15, -0.1) is 0 Å². The van der Waals surface area contributed by atoms with Crippen molar-refractivity contribution in [3.05, 3.63) is 29.3 Å². The van der Waals surface area contributed by atoms with Gasteiger partial charge in [0.2, 0.25) is 0 Å². The predicted molar refractivity (Wildman–Crippen MR) is 73.1 cm³/mol. The van der Waals surface area contributed by atoms with Crippen molar-refractivity contribution in [3.63, 3.8) is 0 Å². The van der Waals surface area contributed by atoms with Crippen molar-refractivity contribution in [2.45, 2.75) is 38.7 Å². The number of carbonyl (C=O) groups is 1. The lowest BCUT2D eigenvalue weighted by atomic mass is 9.86. The molecule has 1 fully saturated rings. The number of phenols is 1. The Morgan fingerprint density at radius 2 is 2.05 bits per heavy atom. The summed E-state index contributed by atoms with van der Waals surface area (Å²) < 4.78 is 0. The Bertz CT molecular complexity index is 438. The molecule has 2 atom stereocenters. The second-order valence-electron chi connectivity index (χ2n) is 5.38. The summed E-state index contributed by atoms with van der Waals surface area (Å²) in [6, 6.07) is 4.81. The van der Waals surface area contributed by atoms with E-state index < -0.39 is 0 Å². The molecule has 19 heavy (non-hydrogen) atoms. The first-order valence-electron chi connectivity index (χ1n) is 6.83. The first-order valence-corrected chi connectivity index (χ1v) is 6.83. The fourth-order valence-electron chi connectivity index (χ4n) is 2.65. The molecule has 1 aliphatic rings. The molecule has 0 aliphatic heterocycles. The quantitative estimate of drug-likeness (QED) is 0.781.